The Kier molecular flexibility index (Phi) is 11.4. The third-order valence-electron chi connectivity index (χ3n) is 6.70. The first-order chi connectivity index (χ1) is 17.4. The molecule has 0 aromatic heterocycles. The fraction of sp³-hybridized carbons (Fsp3) is 0.500. The first-order valence-corrected chi connectivity index (χ1v) is 13.7. The highest BCUT2D eigenvalue weighted by Crippen LogP contribution is 2.32. The topological polar surface area (TPSA) is 64.7 Å². The predicted octanol–water partition coefficient (Wildman–Crippen LogP) is 7.25. The number of carbonyl (C=O) groups excluding carboxylic acids is 2. The van der Waals surface area contributed by atoms with Crippen LogP contribution in [-0.4, -0.2) is 55.0 Å². The number of nitrogens with zero attached hydrogens (tertiary/aromatic N) is 2. The van der Waals surface area contributed by atoms with Crippen LogP contribution in [0.2, 0.25) is 10.0 Å². The predicted molar refractivity (Wildman–Crippen MR) is 150 cm³/mol. The maximum absolute atomic E-state index is 12.7. The second kappa shape index (κ2) is 14.5. The Balaban J connectivity index is 1.41. The van der Waals surface area contributed by atoms with Gasteiger partial charge in [-0.05, 0) is 68.6 Å². The van der Waals surface area contributed by atoms with E-state index in [0.717, 1.165) is 31.5 Å². The van der Waals surface area contributed by atoms with Crippen LogP contribution in [0.15, 0.2) is 42.5 Å². The van der Waals surface area contributed by atoms with Gasteiger partial charge < -0.3 is 15.5 Å². The van der Waals surface area contributed by atoms with Gasteiger partial charge in [0.05, 0.1) is 22.3 Å². The van der Waals surface area contributed by atoms with E-state index in [1.165, 1.54) is 31.2 Å². The second-order valence-corrected chi connectivity index (χ2v) is 10.4. The second-order valence-electron chi connectivity index (χ2n) is 9.61. The van der Waals surface area contributed by atoms with Crippen molar-refractivity contribution in [2.75, 3.05) is 43.9 Å². The van der Waals surface area contributed by atoms with Crippen molar-refractivity contribution in [2.45, 2.75) is 57.8 Å². The number of unbranched alkanes of at least 4 members (excludes halogenated alkanes) is 4. The molecular formula is C28H38Cl2N4O2. The number of nitrogens with one attached hydrogen (secondary N) is 2. The van der Waals surface area contributed by atoms with Gasteiger partial charge in [-0.25, -0.2) is 4.79 Å². The van der Waals surface area contributed by atoms with E-state index < -0.39 is 0 Å². The third-order valence-corrected chi connectivity index (χ3v) is 7.33. The largest absolute Gasteiger partial charge is 0.325 e. The van der Waals surface area contributed by atoms with Gasteiger partial charge >= 0.3 is 6.03 Å². The Labute approximate surface area is 225 Å². The maximum Gasteiger partial charge on any atom is 0.321 e. The average molecular weight is 534 g/mol. The zero-order chi connectivity index (χ0) is 25.9. The zero-order valence-electron chi connectivity index (χ0n) is 21.4. The Morgan fingerprint density at radius 3 is 2.22 bits per heavy atom. The van der Waals surface area contributed by atoms with Crippen LogP contribution in [0.5, 0.6) is 0 Å². The summed E-state index contributed by atoms with van der Waals surface area (Å²) in [4.78, 5) is 29.0. The first-order valence-electron chi connectivity index (χ1n) is 13.0. The molecule has 0 saturated carbocycles. The molecule has 2 N–H and O–H groups in total. The smallest absolute Gasteiger partial charge is 0.321 e. The minimum atomic E-state index is -0.188. The van der Waals surface area contributed by atoms with Crippen molar-refractivity contribution < 1.29 is 9.59 Å². The molecular weight excluding hydrogens is 495 g/mol. The van der Waals surface area contributed by atoms with Crippen LogP contribution in [0.3, 0.4) is 0 Å². The van der Waals surface area contributed by atoms with Crippen LogP contribution in [0, 0.1) is 0 Å². The summed E-state index contributed by atoms with van der Waals surface area (Å²) in [5.74, 6) is 0.387. The van der Waals surface area contributed by atoms with Crippen molar-refractivity contribution in [1.82, 2.24) is 9.80 Å². The lowest BCUT2D eigenvalue weighted by molar-refractivity contribution is -0.117. The SMILES string of the molecule is CCCCCCCN(C)CC(=O)Nc1ccc(C2CCN(C(=O)Nc3c(Cl)cccc3Cl)CC2)cc1. The molecule has 0 radical (unpaired) electrons. The van der Waals surface area contributed by atoms with E-state index in [1.54, 1.807) is 23.1 Å². The van der Waals surface area contributed by atoms with E-state index in [2.05, 4.69) is 34.6 Å². The van der Waals surface area contributed by atoms with Crippen molar-refractivity contribution in [2.24, 2.45) is 0 Å². The molecule has 0 aliphatic carbocycles. The van der Waals surface area contributed by atoms with Gasteiger partial charge in [0, 0.05) is 18.8 Å². The number of likely N-dealkylation sites (N-methyl/N-ethyl adjacent to an activating group) is 1. The van der Waals surface area contributed by atoms with Crippen molar-refractivity contribution >= 4 is 46.5 Å². The molecule has 2 aromatic carbocycles. The number of likely N-dealkylation sites (tertiary alicyclic amines) is 1. The Morgan fingerprint density at radius 2 is 1.58 bits per heavy atom. The number of para-hydroxylation sites is 1. The molecule has 196 valence electrons. The van der Waals surface area contributed by atoms with Crippen molar-refractivity contribution in [3.63, 3.8) is 0 Å². The van der Waals surface area contributed by atoms with Crippen LogP contribution >= 0.6 is 23.2 Å². The van der Waals surface area contributed by atoms with Crippen molar-refractivity contribution in [1.29, 1.82) is 0 Å². The van der Waals surface area contributed by atoms with Gasteiger partial charge in [0.25, 0.3) is 0 Å². The molecule has 1 saturated heterocycles. The summed E-state index contributed by atoms with van der Waals surface area (Å²) < 4.78 is 0. The summed E-state index contributed by atoms with van der Waals surface area (Å²) >= 11 is 12.3. The maximum atomic E-state index is 12.7. The molecule has 1 heterocycles. The van der Waals surface area contributed by atoms with Gasteiger partial charge in [-0.1, -0.05) is 74.0 Å². The Morgan fingerprint density at radius 1 is 0.944 bits per heavy atom. The number of amides is 3. The number of benzene rings is 2. The van der Waals surface area contributed by atoms with Gasteiger partial charge in [0.2, 0.25) is 5.91 Å². The lowest BCUT2D eigenvalue weighted by Gasteiger charge is -2.32. The molecule has 1 fully saturated rings. The summed E-state index contributed by atoms with van der Waals surface area (Å²) in [6, 6.07) is 13.1. The van der Waals surface area contributed by atoms with E-state index in [1.807, 2.05) is 19.2 Å². The fourth-order valence-corrected chi connectivity index (χ4v) is 5.06. The molecule has 1 aliphatic heterocycles. The Hall–Kier alpha value is -2.28. The zero-order valence-corrected chi connectivity index (χ0v) is 22.9. The van der Waals surface area contributed by atoms with E-state index in [4.69, 9.17) is 23.2 Å². The van der Waals surface area contributed by atoms with Crippen LogP contribution < -0.4 is 10.6 Å². The van der Waals surface area contributed by atoms with E-state index in [-0.39, 0.29) is 11.9 Å². The molecule has 1 aliphatic rings. The van der Waals surface area contributed by atoms with E-state index >= 15 is 0 Å². The lowest BCUT2D eigenvalue weighted by Crippen LogP contribution is -2.40. The molecule has 3 rings (SSSR count). The molecule has 0 unspecified atom stereocenters. The number of anilines is 2. The third kappa shape index (κ3) is 8.68. The minimum Gasteiger partial charge on any atom is -0.325 e. The number of rotatable bonds is 11. The van der Waals surface area contributed by atoms with Crippen LogP contribution in [0.25, 0.3) is 0 Å². The molecule has 3 amide bonds. The first kappa shape index (κ1) is 28.3. The molecule has 8 heteroatoms. The molecule has 2 aromatic rings. The number of hydrogen-bond acceptors (Lipinski definition) is 3. The Bertz CT molecular complexity index is 971. The molecule has 0 atom stereocenters. The monoisotopic (exact) mass is 532 g/mol. The highest BCUT2D eigenvalue weighted by molar-refractivity contribution is 6.39. The minimum absolute atomic E-state index is 0.0109. The number of hydrogen-bond donors (Lipinski definition) is 2. The van der Waals surface area contributed by atoms with Gasteiger partial charge in [-0.2, -0.15) is 0 Å². The molecule has 0 bridgehead atoms. The highest BCUT2D eigenvalue weighted by Gasteiger charge is 2.24. The number of piperidine rings is 1. The van der Waals surface area contributed by atoms with Crippen LogP contribution in [-0.2, 0) is 4.79 Å². The molecule has 6 nitrogen and oxygen atoms in total. The van der Waals surface area contributed by atoms with Gasteiger partial charge in [-0.15, -0.1) is 0 Å². The average Bonchev–Trinajstić information content (AvgIpc) is 2.86. The summed E-state index contributed by atoms with van der Waals surface area (Å²) in [7, 11) is 2.00. The van der Waals surface area contributed by atoms with Gasteiger partial charge in [0.15, 0.2) is 0 Å². The van der Waals surface area contributed by atoms with Crippen molar-refractivity contribution in [3.05, 3.63) is 58.1 Å². The van der Waals surface area contributed by atoms with E-state index in [9.17, 15) is 9.59 Å². The summed E-state index contributed by atoms with van der Waals surface area (Å²) in [5.41, 5.74) is 2.49. The summed E-state index contributed by atoms with van der Waals surface area (Å²) in [6.07, 6.45) is 7.90. The fourth-order valence-electron chi connectivity index (χ4n) is 4.57. The standard InChI is InChI=1S/C28H38Cl2N4O2/c1-3-4-5-6-7-17-33(2)20-26(35)31-23-13-11-21(12-14-23)22-15-18-34(19-16-22)28(36)32-27-24(29)9-8-10-25(27)30/h8-14,22H,3-7,15-20H2,1-2H3,(H,31,35)(H,32,36). The van der Waals surface area contributed by atoms with Gasteiger partial charge in [0.1, 0.15) is 0 Å². The van der Waals surface area contributed by atoms with Crippen LogP contribution in [0.1, 0.15) is 63.4 Å². The number of urea groups is 1. The number of halogens is 2. The lowest BCUT2D eigenvalue weighted by atomic mass is 9.89. The normalized spacial score (nSPS) is 14.2. The van der Waals surface area contributed by atoms with E-state index in [0.29, 0.717) is 41.3 Å². The van der Waals surface area contributed by atoms with Gasteiger partial charge in [-0.3, -0.25) is 9.69 Å². The summed E-state index contributed by atoms with van der Waals surface area (Å²) in [6.45, 7) is 4.87. The molecule has 0 spiro atoms. The van der Waals surface area contributed by atoms with Crippen LogP contribution in [0.4, 0.5) is 16.2 Å². The quantitative estimate of drug-likeness (QED) is 0.299. The number of carbonyl (C=O) groups is 2. The molecule has 36 heavy (non-hydrogen) atoms. The van der Waals surface area contributed by atoms with Crippen molar-refractivity contribution in [3.8, 4) is 0 Å². The highest BCUT2D eigenvalue weighted by atomic mass is 35.5. The summed E-state index contributed by atoms with van der Waals surface area (Å²) in [5, 5.41) is 6.69.